The Kier molecular flexibility index (Phi) is 12.6. The molecule has 7 heteroatoms. The van der Waals surface area contributed by atoms with Crippen molar-refractivity contribution < 1.29 is 19.4 Å². The molecular weight excluding hydrogens is 394 g/mol. The van der Waals surface area contributed by atoms with Crippen LogP contribution in [0.15, 0.2) is 0 Å². The van der Waals surface area contributed by atoms with Gasteiger partial charge < -0.3 is 20.5 Å². The van der Waals surface area contributed by atoms with Gasteiger partial charge in [-0.2, -0.15) is 0 Å². The zero-order valence-corrected chi connectivity index (χ0v) is 20.6. The monoisotopic (exact) mass is 441 g/mol. The maximum Gasteiger partial charge on any atom is 0.306 e. The third-order valence-electron chi connectivity index (χ3n) is 6.54. The minimum Gasteiger partial charge on any atom is -0.481 e. The summed E-state index contributed by atoms with van der Waals surface area (Å²) in [4.78, 5) is 24.4. The van der Waals surface area contributed by atoms with Crippen LogP contribution in [0.5, 0.6) is 0 Å². The van der Waals surface area contributed by atoms with Crippen LogP contribution in [0.3, 0.4) is 0 Å². The van der Waals surface area contributed by atoms with Gasteiger partial charge in [-0.3, -0.25) is 14.5 Å². The summed E-state index contributed by atoms with van der Waals surface area (Å²) in [5, 5.41) is 15.2. The van der Waals surface area contributed by atoms with Crippen molar-refractivity contribution in [2.75, 3.05) is 33.2 Å². The van der Waals surface area contributed by atoms with Gasteiger partial charge in [0.2, 0.25) is 0 Å². The van der Waals surface area contributed by atoms with E-state index in [4.69, 9.17) is 9.84 Å². The quantitative estimate of drug-likeness (QED) is 0.353. The number of ether oxygens (including phenoxy) is 1. The predicted octanol–water partition coefficient (Wildman–Crippen LogP) is 3.57. The van der Waals surface area contributed by atoms with Crippen molar-refractivity contribution >= 4 is 11.9 Å². The highest BCUT2D eigenvalue weighted by atomic mass is 16.5. The topological polar surface area (TPSA) is 90.9 Å². The first-order valence-electron chi connectivity index (χ1n) is 12.1. The number of esters is 1. The number of carbonyl (C=O) groups excluding carboxylic acids is 1. The van der Waals surface area contributed by atoms with Crippen LogP contribution in [0.25, 0.3) is 0 Å². The molecule has 2 fully saturated rings. The molecule has 2 heterocycles. The Labute approximate surface area is 189 Å². The van der Waals surface area contributed by atoms with Crippen LogP contribution >= 0.6 is 0 Å². The summed E-state index contributed by atoms with van der Waals surface area (Å²) in [5.41, 5.74) is 0.587. The molecule has 0 aromatic carbocycles. The van der Waals surface area contributed by atoms with Gasteiger partial charge in [0.05, 0.1) is 0 Å². The molecule has 182 valence electrons. The van der Waals surface area contributed by atoms with E-state index in [0.29, 0.717) is 17.5 Å². The van der Waals surface area contributed by atoms with Crippen molar-refractivity contribution in [1.82, 2.24) is 15.5 Å². The van der Waals surface area contributed by atoms with Crippen molar-refractivity contribution in [3.63, 3.8) is 0 Å². The minimum atomic E-state index is -0.717. The lowest BCUT2D eigenvalue weighted by Gasteiger charge is -2.51. The number of nitrogens with zero attached hydrogens (tertiary/aromatic N) is 1. The highest BCUT2D eigenvalue weighted by Gasteiger charge is 2.38. The summed E-state index contributed by atoms with van der Waals surface area (Å²) in [6, 6.07) is 0. The number of piperidine rings is 1. The molecule has 2 aliphatic rings. The number of unbranched alkanes of at least 4 members (excludes halogenated alkanes) is 5. The molecule has 0 saturated carbocycles. The van der Waals surface area contributed by atoms with Gasteiger partial charge in [0.15, 0.2) is 0 Å². The molecule has 0 radical (unpaired) electrons. The maximum absolute atomic E-state index is 11.6. The molecule has 0 bridgehead atoms. The highest BCUT2D eigenvalue weighted by molar-refractivity contribution is 5.69. The van der Waals surface area contributed by atoms with E-state index in [1.807, 2.05) is 0 Å². The van der Waals surface area contributed by atoms with Gasteiger partial charge in [0.25, 0.3) is 0 Å². The van der Waals surface area contributed by atoms with Gasteiger partial charge in [-0.05, 0) is 73.5 Å². The Balaban J connectivity index is 0.000000367. The van der Waals surface area contributed by atoms with E-state index < -0.39 is 5.97 Å². The number of aliphatic carboxylic acids is 1. The lowest BCUT2D eigenvalue weighted by atomic mass is 9.90. The van der Waals surface area contributed by atoms with Gasteiger partial charge in [-0.1, -0.05) is 25.7 Å². The summed E-state index contributed by atoms with van der Waals surface area (Å²) >= 11 is 0. The number of carboxylic acid groups (broad SMARTS) is 1. The van der Waals surface area contributed by atoms with Crippen molar-refractivity contribution in [2.24, 2.45) is 0 Å². The fourth-order valence-corrected chi connectivity index (χ4v) is 4.14. The molecule has 0 atom stereocenters. The Morgan fingerprint density at radius 2 is 1.35 bits per heavy atom. The first-order chi connectivity index (χ1) is 14.5. The lowest BCUT2D eigenvalue weighted by Crippen LogP contribution is -2.66. The van der Waals surface area contributed by atoms with Crippen LogP contribution in [0.4, 0.5) is 0 Å². The van der Waals surface area contributed by atoms with E-state index in [2.05, 4.69) is 50.3 Å². The second kappa shape index (κ2) is 14.1. The van der Waals surface area contributed by atoms with Crippen LogP contribution in [0.1, 0.15) is 91.9 Å². The first-order valence-corrected chi connectivity index (χ1v) is 12.1. The Morgan fingerprint density at radius 1 is 0.871 bits per heavy atom. The summed E-state index contributed by atoms with van der Waals surface area (Å²) in [6.07, 6.45) is 8.49. The molecule has 0 aromatic heterocycles. The summed E-state index contributed by atoms with van der Waals surface area (Å²) in [7, 11) is 2.21. The van der Waals surface area contributed by atoms with E-state index in [1.165, 1.54) is 0 Å². The maximum atomic E-state index is 11.6. The van der Waals surface area contributed by atoms with Crippen LogP contribution in [0.2, 0.25) is 0 Å². The second-order valence-corrected chi connectivity index (χ2v) is 10.2. The number of likely N-dealkylation sites (N-methyl/N-ethyl adjacent to an activating group) is 1. The Bertz CT molecular complexity index is 515. The molecule has 2 rings (SSSR count). The molecule has 2 saturated heterocycles. The van der Waals surface area contributed by atoms with Crippen molar-refractivity contribution in [3.8, 4) is 0 Å². The Hall–Kier alpha value is -1.18. The van der Waals surface area contributed by atoms with Gasteiger partial charge >= 0.3 is 11.9 Å². The van der Waals surface area contributed by atoms with Crippen molar-refractivity contribution in [1.29, 1.82) is 0 Å². The van der Waals surface area contributed by atoms with Gasteiger partial charge in [-0.25, -0.2) is 0 Å². The number of carbonyl (C=O) groups is 2. The molecule has 0 spiro atoms. The SMILES string of the molecule is CN1C(C)(C)CNCC1(C)C.O=C(O)CCCCCCCCC(=O)OC1CCNCC1. The zero-order chi connectivity index (χ0) is 23.3. The zero-order valence-electron chi connectivity index (χ0n) is 20.6. The predicted molar refractivity (Wildman–Crippen MR) is 125 cm³/mol. The van der Waals surface area contributed by atoms with Crippen LogP contribution in [-0.2, 0) is 14.3 Å². The third kappa shape index (κ3) is 11.9. The molecule has 0 unspecified atom stereocenters. The van der Waals surface area contributed by atoms with Gasteiger partial charge in [-0.15, -0.1) is 0 Å². The fraction of sp³-hybridized carbons (Fsp3) is 0.917. The minimum absolute atomic E-state index is 0.0669. The molecule has 31 heavy (non-hydrogen) atoms. The molecule has 0 aliphatic carbocycles. The van der Waals surface area contributed by atoms with Crippen LogP contribution in [-0.4, -0.2) is 72.4 Å². The average molecular weight is 442 g/mol. The van der Waals surface area contributed by atoms with Gasteiger partial charge in [0.1, 0.15) is 6.10 Å². The van der Waals surface area contributed by atoms with Crippen LogP contribution < -0.4 is 10.6 Å². The number of piperazine rings is 1. The molecule has 0 aromatic rings. The molecule has 2 aliphatic heterocycles. The smallest absolute Gasteiger partial charge is 0.306 e. The number of nitrogens with one attached hydrogen (secondary N) is 2. The van der Waals surface area contributed by atoms with Gasteiger partial charge in [0, 0.05) is 37.0 Å². The van der Waals surface area contributed by atoms with Crippen LogP contribution in [0, 0.1) is 0 Å². The van der Waals surface area contributed by atoms with E-state index in [-0.39, 0.29) is 18.5 Å². The Morgan fingerprint density at radius 3 is 1.84 bits per heavy atom. The fourth-order valence-electron chi connectivity index (χ4n) is 4.14. The lowest BCUT2D eigenvalue weighted by molar-refractivity contribution is -0.150. The largest absolute Gasteiger partial charge is 0.481 e. The molecule has 7 nitrogen and oxygen atoms in total. The third-order valence-corrected chi connectivity index (χ3v) is 6.54. The van der Waals surface area contributed by atoms with Crippen molar-refractivity contribution in [3.05, 3.63) is 0 Å². The van der Waals surface area contributed by atoms with E-state index in [1.54, 1.807) is 0 Å². The molecular formula is C24H47N3O4. The number of carboxylic acids is 1. The van der Waals surface area contributed by atoms with E-state index in [0.717, 1.165) is 77.5 Å². The van der Waals surface area contributed by atoms with E-state index >= 15 is 0 Å². The highest BCUT2D eigenvalue weighted by Crippen LogP contribution is 2.25. The molecule has 0 amide bonds. The number of hydrogen-bond donors (Lipinski definition) is 3. The summed E-state index contributed by atoms with van der Waals surface area (Å²) in [5.74, 6) is -0.784. The average Bonchev–Trinajstić information content (AvgIpc) is 2.69. The van der Waals surface area contributed by atoms with Crippen molar-refractivity contribution in [2.45, 2.75) is 109 Å². The summed E-state index contributed by atoms with van der Waals surface area (Å²) < 4.78 is 5.42. The number of hydrogen-bond acceptors (Lipinski definition) is 6. The standard InChI is InChI=1S/C15H27NO4.C9H20N2/c17-14(18)7-5-3-1-2-4-6-8-15(19)20-13-9-11-16-12-10-13;1-8(2)6-10-7-9(3,4)11(8)5/h13,16H,1-12H2,(H,17,18);10H,6-7H2,1-5H3. The van der Waals surface area contributed by atoms with E-state index in [9.17, 15) is 9.59 Å². The number of rotatable bonds is 10. The second-order valence-electron chi connectivity index (χ2n) is 10.2. The molecule has 3 N–H and O–H groups in total. The summed E-state index contributed by atoms with van der Waals surface area (Å²) in [6.45, 7) is 13.2. The normalized spacial score (nSPS) is 21.1. The first kappa shape index (κ1) is 27.9.